The zero-order valence-corrected chi connectivity index (χ0v) is 7.45. The number of rotatable bonds is 1. The van der Waals surface area contributed by atoms with Crippen LogP contribution in [0.15, 0.2) is 6.08 Å². The molecule has 1 aliphatic rings. The first kappa shape index (κ1) is 7.04. The van der Waals surface area contributed by atoms with E-state index in [4.69, 9.17) is 0 Å². The molecule has 11 heavy (non-hydrogen) atoms. The molecule has 0 aliphatic heterocycles. The summed E-state index contributed by atoms with van der Waals surface area (Å²) in [7, 11) is 0. The third-order valence-corrected chi connectivity index (χ3v) is 3.16. The zero-order valence-electron chi connectivity index (χ0n) is 6.63. The van der Waals surface area contributed by atoms with Gasteiger partial charge < -0.3 is 0 Å². The molecule has 0 bridgehead atoms. The predicted molar refractivity (Wildman–Crippen MR) is 48.8 cm³/mol. The summed E-state index contributed by atoms with van der Waals surface area (Å²) in [5, 5.41) is 1.28. The van der Waals surface area contributed by atoms with E-state index in [2.05, 4.69) is 24.1 Å². The van der Waals surface area contributed by atoms with Crippen LogP contribution in [0.5, 0.6) is 0 Å². The highest BCUT2D eigenvalue weighted by Crippen LogP contribution is 2.25. The third kappa shape index (κ3) is 1.23. The topological polar surface area (TPSA) is 12.9 Å². The van der Waals surface area contributed by atoms with Gasteiger partial charge in [-0.25, -0.2) is 4.98 Å². The summed E-state index contributed by atoms with van der Waals surface area (Å²) < 4.78 is 0. The maximum atomic E-state index is 4.50. The van der Waals surface area contributed by atoms with Crippen molar-refractivity contribution in [2.75, 3.05) is 0 Å². The van der Waals surface area contributed by atoms with Crippen molar-refractivity contribution < 1.29 is 0 Å². The average Bonchev–Trinajstić information content (AvgIpc) is 2.46. The highest BCUT2D eigenvalue weighted by Gasteiger charge is 2.09. The van der Waals surface area contributed by atoms with Crippen LogP contribution in [0.1, 0.15) is 28.9 Å². The van der Waals surface area contributed by atoms with E-state index >= 15 is 0 Å². The van der Waals surface area contributed by atoms with Crippen LogP contribution in [0, 0.1) is 0 Å². The Balaban J connectivity index is 2.42. The van der Waals surface area contributed by atoms with Crippen molar-refractivity contribution in [2.24, 2.45) is 0 Å². The van der Waals surface area contributed by atoms with Crippen molar-refractivity contribution in [3.05, 3.63) is 21.7 Å². The first-order valence-corrected chi connectivity index (χ1v) is 4.87. The summed E-state index contributed by atoms with van der Waals surface area (Å²) in [4.78, 5) is 5.98. The Labute approximate surface area is 70.8 Å². The summed E-state index contributed by atoms with van der Waals surface area (Å²) in [6.07, 6.45) is 7.82. The fourth-order valence-electron chi connectivity index (χ4n) is 1.28. The van der Waals surface area contributed by atoms with E-state index in [1.54, 1.807) is 0 Å². The Morgan fingerprint density at radius 3 is 3.27 bits per heavy atom. The van der Waals surface area contributed by atoms with Crippen molar-refractivity contribution in [2.45, 2.75) is 26.2 Å². The molecule has 0 radical (unpaired) electrons. The largest absolute Gasteiger partial charge is 0.242 e. The molecule has 0 N–H and O–H groups in total. The molecule has 0 unspecified atom stereocenters. The molecule has 1 nitrogen and oxygen atoms in total. The lowest BCUT2D eigenvalue weighted by molar-refractivity contribution is 0.994. The molecule has 1 heterocycles. The van der Waals surface area contributed by atoms with Crippen LogP contribution in [-0.4, -0.2) is 4.98 Å². The van der Waals surface area contributed by atoms with Crippen LogP contribution in [0.25, 0.3) is 6.08 Å². The number of thiazole rings is 1. The standard InChI is InChI=1S/C9H11NS/c1-2-9-10-7-5-3-4-6-8(7)11-9/h3,5H,2,4,6H2,1H3. The second-order valence-corrected chi connectivity index (χ2v) is 3.88. The fourth-order valence-corrected chi connectivity index (χ4v) is 2.29. The number of allylic oxidation sites excluding steroid dienone is 1. The van der Waals surface area contributed by atoms with Gasteiger partial charge in [-0.15, -0.1) is 11.3 Å². The predicted octanol–water partition coefficient (Wildman–Crippen LogP) is 2.66. The second kappa shape index (κ2) is 2.78. The number of aryl methyl sites for hydroxylation is 2. The number of nitrogens with zero attached hydrogens (tertiary/aromatic N) is 1. The number of fused-ring (bicyclic) bond motifs is 1. The molecule has 0 saturated heterocycles. The lowest BCUT2D eigenvalue weighted by Gasteiger charge is -1.99. The number of aromatic nitrogens is 1. The minimum atomic E-state index is 1.07. The van der Waals surface area contributed by atoms with Crippen LogP contribution in [0.3, 0.4) is 0 Å². The fraction of sp³-hybridized carbons (Fsp3) is 0.444. The maximum absolute atomic E-state index is 4.50. The van der Waals surface area contributed by atoms with Crippen LogP contribution >= 0.6 is 11.3 Å². The van der Waals surface area contributed by atoms with E-state index in [-0.39, 0.29) is 0 Å². The zero-order chi connectivity index (χ0) is 7.68. The van der Waals surface area contributed by atoms with Crippen molar-refractivity contribution in [3.8, 4) is 0 Å². The first-order valence-electron chi connectivity index (χ1n) is 4.05. The Hall–Kier alpha value is -0.630. The van der Waals surface area contributed by atoms with Gasteiger partial charge >= 0.3 is 0 Å². The number of hydrogen-bond donors (Lipinski definition) is 0. The third-order valence-electron chi connectivity index (χ3n) is 1.89. The smallest absolute Gasteiger partial charge is 0.0932 e. The molecular formula is C9H11NS. The Morgan fingerprint density at radius 1 is 1.64 bits per heavy atom. The molecule has 58 valence electrons. The quantitative estimate of drug-likeness (QED) is 0.623. The lowest BCUT2D eigenvalue weighted by Crippen LogP contribution is -1.88. The summed E-state index contributed by atoms with van der Waals surface area (Å²) in [6.45, 7) is 2.16. The summed E-state index contributed by atoms with van der Waals surface area (Å²) >= 11 is 1.87. The minimum absolute atomic E-state index is 1.07. The Morgan fingerprint density at radius 2 is 2.55 bits per heavy atom. The molecule has 0 aromatic carbocycles. The Bertz CT molecular complexity index is 286. The van der Waals surface area contributed by atoms with Gasteiger partial charge in [-0.05, 0) is 25.3 Å². The van der Waals surface area contributed by atoms with Gasteiger partial charge in [-0.3, -0.25) is 0 Å². The minimum Gasteiger partial charge on any atom is -0.242 e. The highest BCUT2D eigenvalue weighted by atomic mass is 32.1. The molecule has 1 aliphatic carbocycles. The van der Waals surface area contributed by atoms with Gasteiger partial charge in [0.25, 0.3) is 0 Å². The lowest BCUT2D eigenvalue weighted by atomic mass is 10.1. The van der Waals surface area contributed by atoms with Crippen molar-refractivity contribution in [3.63, 3.8) is 0 Å². The molecule has 0 spiro atoms. The van der Waals surface area contributed by atoms with Crippen molar-refractivity contribution in [1.82, 2.24) is 4.98 Å². The van der Waals surface area contributed by atoms with Crippen molar-refractivity contribution >= 4 is 17.4 Å². The average molecular weight is 165 g/mol. The molecule has 0 atom stereocenters. The SMILES string of the molecule is CCc1nc2c(s1)CCC=C2. The van der Waals surface area contributed by atoms with Crippen molar-refractivity contribution in [1.29, 1.82) is 0 Å². The van der Waals surface area contributed by atoms with Crippen LogP contribution in [-0.2, 0) is 12.8 Å². The number of hydrogen-bond acceptors (Lipinski definition) is 2. The molecule has 2 rings (SSSR count). The molecule has 0 saturated carbocycles. The first-order chi connectivity index (χ1) is 5.40. The van der Waals surface area contributed by atoms with E-state index in [0.717, 1.165) is 6.42 Å². The maximum Gasteiger partial charge on any atom is 0.0932 e. The van der Waals surface area contributed by atoms with Gasteiger partial charge in [0.15, 0.2) is 0 Å². The second-order valence-electron chi connectivity index (χ2n) is 2.71. The van der Waals surface area contributed by atoms with E-state index in [1.807, 2.05) is 11.3 Å². The Kier molecular flexibility index (Phi) is 1.78. The highest BCUT2D eigenvalue weighted by molar-refractivity contribution is 7.11. The van der Waals surface area contributed by atoms with E-state index < -0.39 is 0 Å². The summed E-state index contributed by atoms with van der Waals surface area (Å²) in [5.74, 6) is 0. The molecular weight excluding hydrogens is 154 g/mol. The normalized spacial score (nSPS) is 15.0. The van der Waals surface area contributed by atoms with E-state index in [0.29, 0.717) is 0 Å². The van der Waals surface area contributed by atoms with Gasteiger partial charge in [-0.2, -0.15) is 0 Å². The molecule has 2 heteroatoms. The summed E-state index contributed by atoms with van der Waals surface area (Å²) in [6, 6.07) is 0. The van der Waals surface area contributed by atoms with Gasteiger partial charge in [0.05, 0.1) is 10.7 Å². The van der Waals surface area contributed by atoms with Gasteiger partial charge in [0.2, 0.25) is 0 Å². The molecule has 1 aromatic heterocycles. The molecule has 1 aromatic rings. The van der Waals surface area contributed by atoms with Crippen LogP contribution in [0.4, 0.5) is 0 Å². The van der Waals surface area contributed by atoms with Crippen LogP contribution in [0.2, 0.25) is 0 Å². The van der Waals surface area contributed by atoms with E-state index in [9.17, 15) is 0 Å². The van der Waals surface area contributed by atoms with Crippen LogP contribution < -0.4 is 0 Å². The van der Waals surface area contributed by atoms with Gasteiger partial charge in [0, 0.05) is 4.88 Å². The van der Waals surface area contributed by atoms with Gasteiger partial charge in [-0.1, -0.05) is 13.0 Å². The van der Waals surface area contributed by atoms with E-state index in [1.165, 1.54) is 28.4 Å². The molecule has 0 amide bonds. The monoisotopic (exact) mass is 165 g/mol. The van der Waals surface area contributed by atoms with Gasteiger partial charge in [0.1, 0.15) is 0 Å². The summed E-state index contributed by atoms with van der Waals surface area (Å²) in [5.41, 5.74) is 1.22. The molecule has 0 fully saturated rings.